The first-order valence-electron chi connectivity index (χ1n) is 8.70. The summed E-state index contributed by atoms with van der Waals surface area (Å²) in [4.78, 5) is 35.0. The summed E-state index contributed by atoms with van der Waals surface area (Å²) in [6, 6.07) is 6.99. The van der Waals surface area contributed by atoms with Crippen LogP contribution in [-0.4, -0.2) is 50.8 Å². The highest BCUT2D eigenvalue weighted by molar-refractivity contribution is 5.98. The Morgan fingerprint density at radius 1 is 1.07 bits per heavy atom. The van der Waals surface area contributed by atoms with Gasteiger partial charge in [-0.15, -0.1) is 0 Å². The minimum absolute atomic E-state index is 0.0806. The molecule has 0 saturated carbocycles. The third kappa shape index (κ3) is 4.51. The molecule has 2 aromatic carbocycles. The number of methoxy groups -OCH3 is 2. The molecule has 11 heteroatoms. The van der Waals surface area contributed by atoms with Crippen molar-refractivity contribution >= 4 is 23.3 Å². The van der Waals surface area contributed by atoms with Crippen molar-refractivity contribution in [3.05, 3.63) is 46.0 Å². The van der Waals surface area contributed by atoms with Gasteiger partial charge >= 0.3 is 5.97 Å². The lowest BCUT2D eigenvalue weighted by atomic mass is 10.1. The van der Waals surface area contributed by atoms with Crippen molar-refractivity contribution in [2.75, 3.05) is 39.4 Å². The first-order chi connectivity index (χ1) is 14.4. The summed E-state index contributed by atoms with van der Waals surface area (Å²) in [5.74, 6) is -0.459. The molecule has 0 spiro atoms. The topological polar surface area (TPSA) is 135 Å². The molecule has 11 nitrogen and oxygen atoms in total. The van der Waals surface area contributed by atoms with E-state index in [0.717, 1.165) is 12.1 Å². The molecule has 2 aromatic rings. The number of amides is 1. The molecule has 1 aliphatic rings. The maximum atomic E-state index is 12.3. The monoisotopic (exact) mass is 418 g/mol. The standard InChI is InChI=1S/C19H18N2O9/c1-26-15-8-12(13(21(24)25)9-16(15)27-2)19(23)30-10-18(22)20-11-3-4-14-17(7-11)29-6-5-28-14/h3-4,7-9H,5-6,10H2,1-2H3,(H,20,22). The molecule has 158 valence electrons. The van der Waals surface area contributed by atoms with E-state index in [1.165, 1.54) is 14.2 Å². The van der Waals surface area contributed by atoms with E-state index in [-0.39, 0.29) is 17.1 Å². The van der Waals surface area contributed by atoms with Gasteiger partial charge in [0.25, 0.3) is 11.6 Å². The Balaban J connectivity index is 1.67. The van der Waals surface area contributed by atoms with Gasteiger partial charge < -0.3 is 29.0 Å². The van der Waals surface area contributed by atoms with Gasteiger partial charge in [-0.3, -0.25) is 14.9 Å². The summed E-state index contributed by atoms with van der Waals surface area (Å²) >= 11 is 0. The van der Waals surface area contributed by atoms with Crippen molar-refractivity contribution in [2.45, 2.75) is 0 Å². The number of carbonyl (C=O) groups is 2. The third-order valence-electron chi connectivity index (χ3n) is 4.08. The molecule has 1 aliphatic heterocycles. The average molecular weight is 418 g/mol. The zero-order chi connectivity index (χ0) is 21.7. The van der Waals surface area contributed by atoms with E-state index in [0.29, 0.717) is 30.4 Å². The predicted octanol–water partition coefficient (Wildman–Crippen LogP) is 2.18. The van der Waals surface area contributed by atoms with Crippen molar-refractivity contribution < 1.29 is 38.2 Å². The van der Waals surface area contributed by atoms with Crippen LogP contribution in [0.3, 0.4) is 0 Å². The SMILES string of the molecule is COc1cc(C(=O)OCC(=O)Nc2ccc3c(c2)OCCO3)c([N+](=O)[O-])cc1OC. The highest BCUT2D eigenvalue weighted by Crippen LogP contribution is 2.35. The smallest absolute Gasteiger partial charge is 0.345 e. The summed E-state index contributed by atoms with van der Waals surface area (Å²) in [5.41, 5.74) is -0.493. The molecule has 1 N–H and O–H groups in total. The van der Waals surface area contributed by atoms with E-state index in [1.54, 1.807) is 18.2 Å². The molecule has 1 heterocycles. The summed E-state index contributed by atoms with van der Waals surface area (Å²) in [6.07, 6.45) is 0. The van der Waals surface area contributed by atoms with E-state index in [1.807, 2.05) is 0 Å². The number of nitro benzene ring substituents is 1. The minimum atomic E-state index is -1.06. The van der Waals surface area contributed by atoms with Crippen LogP contribution < -0.4 is 24.3 Å². The van der Waals surface area contributed by atoms with E-state index in [9.17, 15) is 19.7 Å². The molecular formula is C19H18N2O9. The number of fused-ring (bicyclic) bond motifs is 1. The van der Waals surface area contributed by atoms with Crippen LogP contribution in [-0.2, 0) is 9.53 Å². The molecule has 0 aromatic heterocycles. The second kappa shape index (κ2) is 8.99. The molecule has 30 heavy (non-hydrogen) atoms. The van der Waals surface area contributed by atoms with Crippen molar-refractivity contribution in [2.24, 2.45) is 0 Å². The lowest BCUT2D eigenvalue weighted by Crippen LogP contribution is -2.22. The second-order valence-electron chi connectivity index (χ2n) is 5.96. The summed E-state index contributed by atoms with van der Waals surface area (Å²) < 4.78 is 25.8. The minimum Gasteiger partial charge on any atom is -0.493 e. The zero-order valence-corrected chi connectivity index (χ0v) is 16.1. The Morgan fingerprint density at radius 3 is 2.40 bits per heavy atom. The number of hydrogen-bond acceptors (Lipinski definition) is 9. The van der Waals surface area contributed by atoms with Gasteiger partial charge in [0.1, 0.15) is 18.8 Å². The largest absolute Gasteiger partial charge is 0.493 e. The molecule has 0 radical (unpaired) electrons. The number of rotatable bonds is 7. The Bertz CT molecular complexity index is 990. The van der Waals surface area contributed by atoms with Crippen molar-refractivity contribution in [3.8, 4) is 23.0 Å². The van der Waals surface area contributed by atoms with Crippen molar-refractivity contribution in [3.63, 3.8) is 0 Å². The first-order valence-corrected chi connectivity index (χ1v) is 8.70. The normalized spacial score (nSPS) is 11.9. The molecule has 3 rings (SSSR count). The fourth-order valence-corrected chi connectivity index (χ4v) is 2.71. The predicted molar refractivity (Wildman–Crippen MR) is 103 cm³/mol. The van der Waals surface area contributed by atoms with Crippen LogP contribution in [0.1, 0.15) is 10.4 Å². The quantitative estimate of drug-likeness (QED) is 0.408. The van der Waals surface area contributed by atoms with Crippen LogP contribution in [0.4, 0.5) is 11.4 Å². The Labute approximate surface area is 170 Å². The van der Waals surface area contributed by atoms with Gasteiger partial charge in [0.2, 0.25) is 0 Å². The summed E-state index contributed by atoms with van der Waals surface area (Å²) in [6.45, 7) is 0.182. The molecule has 0 unspecified atom stereocenters. The van der Waals surface area contributed by atoms with Gasteiger partial charge in [0.15, 0.2) is 29.6 Å². The van der Waals surface area contributed by atoms with Crippen LogP contribution in [0.2, 0.25) is 0 Å². The van der Waals surface area contributed by atoms with Gasteiger partial charge in [-0.2, -0.15) is 0 Å². The maximum Gasteiger partial charge on any atom is 0.345 e. The fraction of sp³-hybridized carbons (Fsp3) is 0.263. The first kappa shape index (κ1) is 20.7. The van der Waals surface area contributed by atoms with E-state index >= 15 is 0 Å². The summed E-state index contributed by atoms with van der Waals surface area (Å²) in [7, 11) is 2.63. The molecule has 0 bridgehead atoms. The lowest BCUT2D eigenvalue weighted by Gasteiger charge is -2.19. The van der Waals surface area contributed by atoms with E-state index < -0.39 is 29.1 Å². The highest BCUT2D eigenvalue weighted by Gasteiger charge is 2.26. The van der Waals surface area contributed by atoms with Gasteiger partial charge in [0.05, 0.1) is 25.2 Å². The highest BCUT2D eigenvalue weighted by atomic mass is 16.6. The number of nitrogens with zero attached hydrogens (tertiary/aromatic N) is 1. The van der Waals surface area contributed by atoms with Crippen molar-refractivity contribution in [1.82, 2.24) is 0 Å². The Kier molecular flexibility index (Phi) is 6.20. The number of carbonyl (C=O) groups excluding carboxylic acids is 2. The Hall–Kier alpha value is -4.02. The fourth-order valence-electron chi connectivity index (χ4n) is 2.71. The van der Waals surface area contributed by atoms with Gasteiger partial charge in [-0.05, 0) is 12.1 Å². The van der Waals surface area contributed by atoms with Gasteiger partial charge in [-0.25, -0.2) is 4.79 Å². The second-order valence-corrected chi connectivity index (χ2v) is 5.96. The number of anilines is 1. The van der Waals surface area contributed by atoms with Crippen LogP contribution >= 0.6 is 0 Å². The number of hydrogen-bond donors (Lipinski definition) is 1. The zero-order valence-electron chi connectivity index (χ0n) is 16.1. The van der Waals surface area contributed by atoms with Crippen LogP contribution in [0.25, 0.3) is 0 Å². The molecule has 0 atom stereocenters. The molecule has 0 saturated heterocycles. The molecule has 0 aliphatic carbocycles. The van der Waals surface area contributed by atoms with Gasteiger partial charge in [-0.1, -0.05) is 0 Å². The van der Waals surface area contributed by atoms with Crippen LogP contribution in [0.15, 0.2) is 30.3 Å². The lowest BCUT2D eigenvalue weighted by molar-refractivity contribution is -0.385. The average Bonchev–Trinajstić information content (AvgIpc) is 2.76. The molecule has 1 amide bonds. The van der Waals surface area contributed by atoms with Crippen LogP contribution in [0.5, 0.6) is 23.0 Å². The van der Waals surface area contributed by atoms with Crippen molar-refractivity contribution in [1.29, 1.82) is 0 Å². The van der Waals surface area contributed by atoms with Gasteiger partial charge in [0, 0.05) is 17.8 Å². The summed E-state index contributed by atoms with van der Waals surface area (Å²) in [5, 5.41) is 13.8. The third-order valence-corrected chi connectivity index (χ3v) is 4.08. The molecular weight excluding hydrogens is 400 g/mol. The number of esters is 1. The Morgan fingerprint density at radius 2 is 1.73 bits per heavy atom. The number of nitrogens with one attached hydrogen (secondary N) is 1. The number of ether oxygens (including phenoxy) is 5. The number of nitro groups is 1. The van der Waals surface area contributed by atoms with Crippen LogP contribution in [0, 0.1) is 10.1 Å². The maximum absolute atomic E-state index is 12.3. The number of benzene rings is 2. The van der Waals surface area contributed by atoms with E-state index in [2.05, 4.69) is 5.32 Å². The molecule has 0 fully saturated rings. The van der Waals surface area contributed by atoms with E-state index in [4.69, 9.17) is 23.7 Å².